The van der Waals surface area contributed by atoms with E-state index in [4.69, 9.17) is 4.74 Å². The standard InChI is InChI=1S/C10H14N4O3/c1-5-17-9-11-6-7(12(9)2)13(3)10(16)14(4)8(6)15/h5H2,1-4H3. The van der Waals surface area contributed by atoms with E-state index in [-0.39, 0.29) is 11.2 Å². The smallest absolute Gasteiger partial charge is 0.332 e. The molecule has 0 fully saturated rings. The van der Waals surface area contributed by atoms with Gasteiger partial charge in [-0.25, -0.2) is 4.79 Å². The summed E-state index contributed by atoms with van der Waals surface area (Å²) in [6.45, 7) is 2.28. The maximum atomic E-state index is 11.9. The van der Waals surface area contributed by atoms with Crippen molar-refractivity contribution in [2.45, 2.75) is 6.92 Å². The molecule has 0 saturated heterocycles. The number of imidazole rings is 1. The second-order valence-electron chi connectivity index (χ2n) is 3.76. The van der Waals surface area contributed by atoms with Gasteiger partial charge in [-0.2, -0.15) is 4.98 Å². The Balaban J connectivity index is 2.97. The minimum absolute atomic E-state index is 0.237. The summed E-state index contributed by atoms with van der Waals surface area (Å²) < 4.78 is 9.31. The van der Waals surface area contributed by atoms with Crippen LogP contribution in [-0.4, -0.2) is 25.3 Å². The Morgan fingerprint density at radius 2 is 1.76 bits per heavy atom. The topological polar surface area (TPSA) is 71.1 Å². The predicted octanol–water partition coefficient (Wildman–Crippen LogP) is -0.631. The van der Waals surface area contributed by atoms with E-state index in [1.54, 1.807) is 18.7 Å². The number of nitrogens with zero attached hydrogens (tertiary/aromatic N) is 4. The van der Waals surface area contributed by atoms with Crippen molar-refractivity contribution in [1.29, 1.82) is 0 Å². The highest BCUT2D eigenvalue weighted by atomic mass is 16.5. The minimum Gasteiger partial charge on any atom is -0.465 e. The van der Waals surface area contributed by atoms with Gasteiger partial charge in [-0.15, -0.1) is 0 Å². The van der Waals surface area contributed by atoms with E-state index in [0.717, 1.165) is 4.57 Å². The van der Waals surface area contributed by atoms with Crippen molar-refractivity contribution in [1.82, 2.24) is 18.7 Å². The van der Waals surface area contributed by atoms with Crippen LogP contribution in [0.25, 0.3) is 11.2 Å². The first-order chi connectivity index (χ1) is 7.99. The summed E-state index contributed by atoms with van der Waals surface area (Å²) in [5.41, 5.74) is -0.0969. The Labute approximate surface area is 96.9 Å². The van der Waals surface area contributed by atoms with E-state index in [9.17, 15) is 9.59 Å². The molecule has 7 nitrogen and oxygen atoms in total. The highest BCUT2D eigenvalue weighted by Gasteiger charge is 2.17. The van der Waals surface area contributed by atoms with Crippen molar-refractivity contribution < 1.29 is 4.74 Å². The normalized spacial score (nSPS) is 11.1. The summed E-state index contributed by atoms with van der Waals surface area (Å²) in [6.07, 6.45) is 0. The van der Waals surface area contributed by atoms with Gasteiger partial charge in [0.05, 0.1) is 6.61 Å². The molecule has 0 amide bonds. The van der Waals surface area contributed by atoms with Crippen LogP contribution >= 0.6 is 0 Å². The first-order valence-electron chi connectivity index (χ1n) is 5.24. The predicted molar refractivity (Wildman–Crippen MR) is 62.4 cm³/mol. The fourth-order valence-electron chi connectivity index (χ4n) is 1.82. The van der Waals surface area contributed by atoms with Gasteiger partial charge < -0.3 is 4.74 Å². The minimum atomic E-state index is -0.412. The second kappa shape index (κ2) is 3.76. The molecule has 0 bridgehead atoms. The fraction of sp³-hybridized carbons (Fsp3) is 0.500. The van der Waals surface area contributed by atoms with Crippen LogP contribution in [0.15, 0.2) is 9.59 Å². The molecular weight excluding hydrogens is 224 g/mol. The van der Waals surface area contributed by atoms with Gasteiger partial charge in [0.15, 0.2) is 11.2 Å². The van der Waals surface area contributed by atoms with E-state index in [1.165, 1.54) is 11.6 Å². The molecule has 92 valence electrons. The van der Waals surface area contributed by atoms with Gasteiger partial charge >= 0.3 is 5.69 Å². The zero-order valence-electron chi connectivity index (χ0n) is 10.2. The number of aryl methyl sites for hydroxylation is 2. The number of fused-ring (bicyclic) bond motifs is 1. The van der Waals surface area contributed by atoms with Crippen LogP contribution in [0.2, 0.25) is 0 Å². The zero-order valence-corrected chi connectivity index (χ0v) is 10.2. The van der Waals surface area contributed by atoms with Crippen LogP contribution in [0.3, 0.4) is 0 Å². The number of aromatic nitrogens is 4. The van der Waals surface area contributed by atoms with Crippen LogP contribution in [0.4, 0.5) is 0 Å². The van der Waals surface area contributed by atoms with Crippen molar-refractivity contribution in [3.8, 4) is 6.01 Å². The molecule has 0 atom stereocenters. The van der Waals surface area contributed by atoms with Crippen LogP contribution in [0, 0.1) is 0 Å². The van der Waals surface area contributed by atoms with Crippen molar-refractivity contribution in [2.24, 2.45) is 21.1 Å². The molecule has 0 unspecified atom stereocenters. The summed E-state index contributed by atoms with van der Waals surface area (Å²) in [5.74, 6) is 0. The zero-order chi connectivity index (χ0) is 12.7. The summed E-state index contributed by atoms with van der Waals surface area (Å²) >= 11 is 0. The number of ether oxygens (including phenoxy) is 1. The third-order valence-corrected chi connectivity index (χ3v) is 2.70. The molecule has 2 heterocycles. The molecule has 0 aliphatic rings. The molecule has 2 rings (SSSR count). The third-order valence-electron chi connectivity index (χ3n) is 2.70. The van der Waals surface area contributed by atoms with Crippen molar-refractivity contribution in [2.75, 3.05) is 6.61 Å². The lowest BCUT2D eigenvalue weighted by molar-refractivity contribution is 0.303. The van der Waals surface area contributed by atoms with Crippen LogP contribution in [-0.2, 0) is 21.1 Å². The Kier molecular flexibility index (Phi) is 2.53. The lowest BCUT2D eigenvalue weighted by Crippen LogP contribution is -2.37. The second-order valence-corrected chi connectivity index (χ2v) is 3.76. The monoisotopic (exact) mass is 238 g/mol. The maximum absolute atomic E-state index is 11.9. The van der Waals surface area contributed by atoms with E-state index < -0.39 is 5.56 Å². The quantitative estimate of drug-likeness (QED) is 0.698. The summed E-state index contributed by atoms with van der Waals surface area (Å²) in [6, 6.07) is 0.334. The number of rotatable bonds is 2. The van der Waals surface area contributed by atoms with Crippen molar-refractivity contribution in [3.63, 3.8) is 0 Å². The highest BCUT2D eigenvalue weighted by Crippen LogP contribution is 2.14. The Bertz CT molecular complexity index is 692. The van der Waals surface area contributed by atoms with Gasteiger partial charge in [-0.3, -0.25) is 18.5 Å². The van der Waals surface area contributed by atoms with Crippen LogP contribution in [0.1, 0.15) is 6.92 Å². The molecule has 2 aromatic heterocycles. The molecule has 0 aromatic carbocycles. The molecule has 0 spiro atoms. The van der Waals surface area contributed by atoms with Gasteiger partial charge in [0.2, 0.25) is 0 Å². The first-order valence-corrected chi connectivity index (χ1v) is 5.24. The molecular formula is C10H14N4O3. The average Bonchev–Trinajstić information content (AvgIpc) is 2.62. The highest BCUT2D eigenvalue weighted by molar-refractivity contribution is 5.71. The molecule has 7 heteroatoms. The molecule has 0 N–H and O–H groups in total. The van der Waals surface area contributed by atoms with Crippen molar-refractivity contribution in [3.05, 3.63) is 20.8 Å². The fourth-order valence-corrected chi connectivity index (χ4v) is 1.82. The first kappa shape index (κ1) is 11.4. The summed E-state index contributed by atoms with van der Waals surface area (Å²) in [7, 11) is 4.74. The summed E-state index contributed by atoms with van der Waals surface area (Å²) in [4.78, 5) is 27.8. The van der Waals surface area contributed by atoms with Gasteiger partial charge in [0.1, 0.15) is 0 Å². The third kappa shape index (κ3) is 1.46. The molecule has 0 aliphatic heterocycles. The molecule has 17 heavy (non-hydrogen) atoms. The Hall–Kier alpha value is -2.05. The van der Waals surface area contributed by atoms with Crippen LogP contribution in [0.5, 0.6) is 6.01 Å². The van der Waals surface area contributed by atoms with E-state index in [2.05, 4.69) is 4.98 Å². The summed E-state index contributed by atoms with van der Waals surface area (Å²) in [5, 5.41) is 0. The molecule has 0 saturated carbocycles. The van der Waals surface area contributed by atoms with E-state index >= 15 is 0 Å². The molecule has 0 radical (unpaired) electrons. The SMILES string of the molecule is CCOc1nc2c(=O)n(C)c(=O)n(C)c2n1C. The lowest BCUT2D eigenvalue weighted by Gasteiger charge is -2.05. The van der Waals surface area contributed by atoms with E-state index in [0.29, 0.717) is 18.3 Å². The lowest BCUT2D eigenvalue weighted by atomic mass is 10.5. The Morgan fingerprint density at radius 1 is 1.12 bits per heavy atom. The van der Waals surface area contributed by atoms with Gasteiger partial charge in [0.25, 0.3) is 11.6 Å². The van der Waals surface area contributed by atoms with Gasteiger partial charge in [0, 0.05) is 21.1 Å². The van der Waals surface area contributed by atoms with Gasteiger partial charge in [-0.1, -0.05) is 0 Å². The van der Waals surface area contributed by atoms with Gasteiger partial charge in [-0.05, 0) is 6.92 Å². The molecule has 0 aliphatic carbocycles. The maximum Gasteiger partial charge on any atom is 0.332 e. The Morgan fingerprint density at radius 3 is 2.35 bits per heavy atom. The van der Waals surface area contributed by atoms with Crippen LogP contribution < -0.4 is 16.0 Å². The largest absolute Gasteiger partial charge is 0.465 e. The van der Waals surface area contributed by atoms with E-state index in [1.807, 2.05) is 6.92 Å². The average molecular weight is 238 g/mol. The number of hydrogen-bond acceptors (Lipinski definition) is 4. The van der Waals surface area contributed by atoms with Crippen molar-refractivity contribution >= 4 is 11.2 Å². The number of hydrogen-bond donors (Lipinski definition) is 0. The molecule has 2 aromatic rings.